The largest absolute Gasteiger partial charge is 0.506 e. The zero-order valence-corrected chi connectivity index (χ0v) is 20.0. The summed E-state index contributed by atoms with van der Waals surface area (Å²) >= 11 is 6.06. The van der Waals surface area contributed by atoms with Gasteiger partial charge in [0.1, 0.15) is 12.3 Å². The standard InChI is InChI=1S/C20H16BrIN2O4S/c1-10-3-4-14(5-11(10)2)23-17(25)9-24-19(27)16(29-20(24)28)7-12-6-13(21)8-15(22)18(12)26/h3-8,26H,9H2,1-2H3,(H,23,25)/b16-7-. The topological polar surface area (TPSA) is 86.7 Å². The number of phenols is 1. The number of carbonyl (C=O) groups excluding carboxylic acids is 3. The van der Waals surface area contributed by atoms with Crippen LogP contribution >= 0.6 is 50.3 Å². The molecular weight excluding hydrogens is 571 g/mol. The third-order valence-corrected chi connectivity index (χ3v) is 6.50. The summed E-state index contributed by atoms with van der Waals surface area (Å²) in [5.74, 6) is -1.01. The first-order valence-corrected chi connectivity index (χ1v) is 11.1. The molecule has 2 aromatic rings. The van der Waals surface area contributed by atoms with E-state index in [2.05, 4.69) is 21.2 Å². The van der Waals surface area contributed by atoms with Gasteiger partial charge in [0.2, 0.25) is 5.91 Å². The number of benzene rings is 2. The van der Waals surface area contributed by atoms with Crippen LogP contribution in [0.5, 0.6) is 5.75 Å². The average molecular weight is 587 g/mol. The fraction of sp³-hybridized carbons (Fsp3) is 0.150. The molecule has 0 atom stereocenters. The predicted molar refractivity (Wildman–Crippen MR) is 126 cm³/mol. The Morgan fingerprint density at radius 3 is 2.66 bits per heavy atom. The lowest BCUT2D eigenvalue weighted by atomic mass is 10.1. The monoisotopic (exact) mass is 586 g/mol. The van der Waals surface area contributed by atoms with Gasteiger partial charge in [0.25, 0.3) is 11.1 Å². The van der Waals surface area contributed by atoms with Crippen LogP contribution in [0.2, 0.25) is 0 Å². The fourth-order valence-electron chi connectivity index (χ4n) is 2.64. The van der Waals surface area contributed by atoms with Gasteiger partial charge in [0, 0.05) is 15.7 Å². The summed E-state index contributed by atoms with van der Waals surface area (Å²) in [5, 5.41) is 12.4. The maximum Gasteiger partial charge on any atom is 0.294 e. The summed E-state index contributed by atoms with van der Waals surface area (Å²) in [7, 11) is 0. The second-order valence-electron chi connectivity index (χ2n) is 6.44. The third kappa shape index (κ3) is 5.01. The van der Waals surface area contributed by atoms with Crippen molar-refractivity contribution in [2.45, 2.75) is 13.8 Å². The maximum absolute atomic E-state index is 12.6. The third-order valence-electron chi connectivity index (χ3n) is 4.31. The number of aromatic hydroxyl groups is 1. The van der Waals surface area contributed by atoms with Gasteiger partial charge in [-0.25, -0.2) is 0 Å². The first-order chi connectivity index (χ1) is 13.7. The number of hydrogen-bond donors (Lipinski definition) is 2. The number of aryl methyl sites for hydroxylation is 2. The Bertz CT molecular complexity index is 1070. The van der Waals surface area contributed by atoms with Gasteiger partial charge in [0.15, 0.2) is 0 Å². The molecule has 1 heterocycles. The minimum absolute atomic E-state index is 0.0214. The number of hydrogen-bond acceptors (Lipinski definition) is 5. The zero-order valence-electron chi connectivity index (χ0n) is 15.5. The summed E-state index contributed by atoms with van der Waals surface area (Å²) < 4.78 is 1.34. The van der Waals surface area contributed by atoms with E-state index in [0.717, 1.165) is 32.3 Å². The molecule has 1 aliphatic heterocycles. The van der Waals surface area contributed by atoms with E-state index in [9.17, 15) is 19.5 Å². The van der Waals surface area contributed by atoms with Crippen molar-refractivity contribution < 1.29 is 19.5 Å². The summed E-state index contributed by atoms with van der Waals surface area (Å²) in [6.45, 7) is 3.53. The van der Waals surface area contributed by atoms with Gasteiger partial charge in [-0.05, 0) is 89.7 Å². The number of thioether (sulfide) groups is 1. The van der Waals surface area contributed by atoms with Crippen LogP contribution in [-0.4, -0.2) is 33.6 Å². The minimum atomic E-state index is -0.565. The molecule has 0 spiro atoms. The molecule has 1 saturated heterocycles. The van der Waals surface area contributed by atoms with E-state index in [0.29, 0.717) is 14.8 Å². The number of carbonyl (C=O) groups is 3. The highest BCUT2D eigenvalue weighted by Gasteiger charge is 2.36. The first-order valence-electron chi connectivity index (χ1n) is 8.46. The van der Waals surface area contributed by atoms with Crippen LogP contribution in [0.4, 0.5) is 10.5 Å². The lowest BCUT2D eigenvalue weighted by Gasteiger charge is -2.13. The Balaban J connectivity index is 1.75. The van der Waals surface area contributed by atoms with Crippen molar-refractivity contribution in [2.75, 3.05) is 11.9 Å². The Labute approximate surface area is 194 Å². The van der Waals surface area contributed by atoms with Crippen LogP contribution < -0.4 is 5.32 Å². The van der Waals surface area contributed by atoms with Crippen molar-refractivity contribution in [1.82, 2.24) is 4.90 Å². The van der Waals surface area contributed by atoms with Crippen LogP contribution in [-0.2, 0) is 9.59 Å². The molecule has 0 radical (unpaired) electrons. The highest BCUT2D eigenvalue weighted by Crippen LogP contribution is 2.36. The number of phenolic OH excluding ortho intramolecular Hbond substituents is 1. The molecule has 1 fully saturated rings. The number of anilines is 1. The molecule has 3 amide bonds. The van der Waals surface area contributed by atoms with E-state index in [1.54, 1.807) is 18.2 Å². The van der Waals surface area contributed by atoms with Crippen molar-refractivity contribution in [3.05, 3.63) is 60.0 Å². The van der Waals surface area contributed by atoms with Gasteiger partial charge in [0.05, 0.1) is 8.48 Å². The molecule has 0 saturated carbocycles. The van der Waals surface area contributed by atoms with Crippen LogP contribution in [0, 0.1) is 17.4 Å². The molecule has 150 valence electrons. The van der Waals surface area contributed by atoms with Crippen LogP contribution in [0.1, 0.15) is 16.7 Å². The molecule has 9 heteroatoms. The molecule has 0 unspecified atom stereocenters. The quantitative estimate of drug-likeness (QED) is 0.387. The Kier molecular flexibility index (Phi) is 6.69. The second-order valence-corrected chi connectivity index (χ2v) is 9.51. The van der Waals surface area contributed by atoms with Crippen LogP contribution in [0.3, 0.4) is 0 Å². The van der Waals surface area contributed by atoms with E-state index >= 15 is 0 Å². The van der Waals surface area contributed by atoms with E-state index in [-0.39, 0.29) is 17.2 Å². The van der Waals surface area contributed by atoms with Gasteiger partial charge in [-0.2, -0.15) is 0 Å². The van der Waals surface area contributed by atoms with Crippen molar-refractivity contribution in [3.8, 4) is 5.75 Å². The molecule has 0 bridgehead atoms. The lowest BCUT2D eigenvalue weighted by molar-refractivity contribution is -0.127. The number of nitrogens with zero attached hydrogens (tertiary/aromatic N) is 1. The molecule has 0 aromatic heterocycles. The van der Waals surface area contributed by atoms with Crippen molar-refractivity contribution in [1.29, 1.82) is 0 Å². The number of halogens is 2. The van der Waals surface area contributed by atoms with Crippen molar-refractivity contribution >= 4 is 79.1 Å². The Morgan fingerprint density at radius 2 is 1.97 bits per heavy atom. The molecule has 6 nitrogen and oxygen atoms in total. The van der Waals surface area contributed by atoms with E-state index in [4.69, 9.17) is 0 Å². The van der Waals surface area contributed by atoms with Crippen LogP contribution in [0.15, 0.2) is 39.7 Å². The summed E-state index contributed by atoms with van der Waals surface area (Å²) in [4.78, 5) is 38.3. The van der Waals surface area contributed by atoms with Gasteiger partial charge >= 0.3 is 0 Å². The first kappa shape index (κ1) is 21.8. The van der Waals surface area contributed by atoms with Gasteiger partial charge in [-0.3, -0.25) is 19.3 Å². The van der Waals surface area contributed by atoms with Crippen molar-refractivity contribution in [3.63, 3.8) is 0 Å². The number of amides is 3. The predicted octanol–water partition coefficient (Wildman–Crippen LogP) is 5.05. The number of nitrogens with one attached hydrogen (secondary N) is 1. The highest BCUT2D eigenvalue weighted by molar-refractivity contribution is 14.1. The SMILES string of the molecule is Cc1ccc(NC(=O)CN2C(=O)S/C(=C\c3cc(Br)cc(I)c3O)C2=O)cc1C. The summed E-state index contributed by atoms with van der Waals surface area (Å²) in [5.41, 5.74) is 3.15. The summed E-state index contributed by atoms with van der Waals surface area (Å²) in [6.07, 6.45) is 1.45. The Morgan fingerprint density at radius 1 is 1.24 bits per heavy atom. The molecule has 3 rings (SSSR count). The molecule has 0 aliphatic carbocycles. The van der Waals surface area contributed by atoms with Crippen molar-refractivity contribution in [2.24, 2.45) is 0 Å². The molecule has 2 N–H and O–H groups in total. The fourth-order valence-corrected chi connectivity index (χ4v) is 5.02. The Hall–Kier alpha value is -1.85. The van der Waals surface area contributed by atoms with E-state index in [1.165, 1.54) is 6.08 Å². The normalized spacial score (nSPS) is 15.3. The molecule has 1 aliphatic rings. The van der Waals surface area contributed by atoms with Gasteiger partial charge in [-0.15, -0.1) is 0 Å². The number of imide groups is 1. The number of rotatable bonds is 4. The van der Waals surface area contributed by atoms with Gasteiger partial charge in [-0.1, -0.05) is 22.0 Å². The van der Waals surface area contributed by atoms with E-state index in [1.807, 2.05) is 48.6 Å². The zero-order chi connectivity index (χ0) is 21.3. The highest BCUT2D eigenvalue weighted by atomic mass is 127. The lowest BCUT2D eigenvalue weighted by Crippen LogP contribution is -2.36. The molecule has 2 aromatic carbocycles. The van der Waals surface area contributed by atoms with Crippen LogP contribution in [0.25, 0.3) is 6.08 Å². The summed E-state index contributed by atoms with van der Waals surface area (Å²) in [6, 6.07) is 8.87. The minimum Gasteiger partial charge on any atom is -0.506 e. The van der Waals surface area contributed by atoms with Gasteiger partial charge < -0.3 is 10.4 Å². The molecular formula is C20H16BrIN2O4S. The molecule has 29 heavy (non-hydrogen) atoms. The second kappa shape index (κ2) is 8.88. The smallest absolute Gasteiger partial charge is 0.294 e. The maximum atomic E-state index is 12.6. The van der Waals surface area contributed by atoms with E-state index < -0.39 is 17.1 Å². The average Bonchev–Trinajstić information content (AvgIpc) is 2.90.